The Balaban J connectivity index is 2.89. The third-order valence-electron chi connectivity index (χ3n) is 1.32. The monoisotopic (exact) mass is 206 g/mol. The molecule has 0 spiro atoms. The Kier molecular flexibility index (Phi) is 2.56. The number of methoxy groups -OCH3 is 1. The van der Waals surface area contributed by atoms with Crippen LogP contribution in [-0.4, -0.2) is 33.7 Å². The smallest absolute Gasteiger partial charge is 0.402 e. The van der Waals surface area contributed by atoms with Crippen LogP contribution in [-0.2, 0) is 28.3 Å². The van der Waals surface area contributed by atoms with E-state index in [0.717, 1.165) is 7.11 Å². The molecule has 1 saturated heterocycles. The van der Waals surface area contributed by atoms with Gasteiger partial charge in [0.05, 0.1) is 7.11 Å². The molecule has 0 saturated carbocycles. The quantitative estimate of drug-likeness (QED) is 0.397. The van der Waals surface area contributed by atoms with Crippen LogP contribution >= 0.6 is 0 Å². The van der Waals surface area contributed by atoms with Crippen LogP contribution in [0.4, 0.5) is 0 Å². The zero-order chi connectivity index (χ0) is 10.1. The molecule has 0 radical (unpaired) electrons. The van der Waals surface area contributed by atoms with Gasteiger partial charge in [-0.05, 0) is 0 Å². The molecule has 0 amide bonds. The fraction of sp³-hybridized carbons (Fsp3) is 0.500. The molecular weight excluding hydrogens is 200 g/mol. The van der Waals surface area contributed by atoms with Gasteiger partial charge in [-0.3, -0.25) is 0 Å². The summed E-state index contributed by atoms with van der Waals surface area (Å²) in [4.78, 5) is 10.9. The van der Waals surface area contributed by atoms with E-state index in [4.69, 9.17) is 6.42 Å². The summed E-state index contributed by atoms with van der Waals surface area (Å²) in [5, 5.41) is 0. The highest BCUT2D eigenvalue weighted by Gasteiger charge is 2.44. The van der Waals surface area contributed by atoms with Gasteiger partial charge in [0.1, 0.15) is 0 Å². The molecule has 2 atom stereocenters. The molecular formula is C6H6O6S. The van der Waals surface area contributed by atoms with Crippen molar-refractivity contribution in [2.45, 2.75) is 12.2 Å². The maximum absolute atomic E-state index is 10.9. The van der Waals surface area contributed by atoms with Crippen molar-refractivity contribution in [3.05, 3.63) is 0 Å². The molecule has 1 aliphatic heterocycles. The lowest BCUT2D eigenvalue weighted by molar-refractivity contribution is -0.148. The van der Waals surface area contributed by atoms with Crippen molar-refractivity contribution in [2.24, 2.45) is 0 Å². The zero-order valence-electron chi connectivity index (χ0n) is 6.59. The second-order valence-corrected chi connectivity index (χ2v) is 3.33. The van der Waals surface area contributed by atoms with E-state index in [9.17, 15) is 13.2 Å². The molecule has 0 aromatic rings. The predicted octanol–water partition coefficient (Wildman–Crippen LogP) is -1.18. The highest BCUT2D eigenvalue weighted by atomic mass is 32.3. The van der Waals surface area contributed by atoms with Crippen molar-refractivity contribution in [3.8, 4) is 12.3 Å². The Bertz CT molecular complexity index is 350. The summed E-state index contributed by atoms with van der Waals surface area (Å²) in [6, 6.07) is 0. The first-order chi connectivity index (χ1) is 6.00. The first kappa shape index (κ1) is 9.98. The normalized spacial score (nSPS) is 30.8. The van der Waals surface area contributed by atoms with Gasteiger partial charge in [0.25, 0.3) is 0 Å². The minimum absolute atomic E-state index is 0.885. The first-order valence-corrected chi connectivity index (χ1v) is 4.49. The first-order valence-electron chi connectivity index (χ1n) is 3.15. The second kappa shape index (κ2) is 3.33. The van der Waals surface area contributed by atoms with Crippen molar-refractivity contribution < 1.29 is 26.3 Å². The van der Waals surface area contributed by atoms with Crippen molar-refractivity contribution in [1.82, 2.24) is 0 Å². The maximum atomic E-state index is 10.9. The molecule has 7 heteroatoms. The number of esters is 1. The van der Waals surface area contributed by atoms with Gasteiger partial charge in [-0.15, -0.1) is 6.42 Å². The predicted molar refractivity (Wildman–Crippen MR) is 39.5 cm³/mol. The van der Waals surface area contributed by atoms with E-state index in [0.29, 0.717) is 0 Å². The summed E-state index contributed by atoms with van der Waals surface area (Å²) >= 11 is 0. The number of hydrogen-bond donors (Lipinski definition) is 0. The van der Waals surface area contributed by atoms with E-state index in [2.05, 4.69) is 13.1 Å². The third-order valence-corrected chi connectivity index (χ3v) is 2.20. The van der Waals surface area contributed by atoms with Crippen LogP contribution in [0.5, 0.6) is 0 Å². The van der Waals surface area contributed by atoms with Gasteiger partial charge >= 0.3 is 16.4 Å². The number of carbonyl (C=O) groups excluding carboxylic acids is 1. The Morgan fingerprint density at radius 1 is 1.54 bits per heavy atom. The average molecular weight is 206 g/mol. The molecule has 0 bridgehead atoms. The molecule has 1 aliphatic rings. The fourth-order valence-electron chi connectivity index (χ4n) is 0.772. The van der Waals surface area contributed by atoms with Crippen molar-refractivity contribution >= 4 is 16.4 Å². The third kappa shape index (κ3) is 1.98. The van der Waals surface area contributed by atoms with Gasteiger partial charge in [-0.2, -0.15) is 8.42 Å². The topological polar surface area (TPSA) is 78.9 Å². The van der Waals surface area contributed by atoms with E-state index in [1.54, 1.807) is 0 Å². The average Bonchev–Trinajstić information content (AvgIpc) is 2.39. The van der Waals surface area contributed by atoms with Crippen molar-refractivity contribution in [2.75, 3.05) is 7.11 Å². The largest absolute Gasteiger partial charge is 0.467 e. The van der Waals surface area contributed by atoms with Crippen LogP contribution < -0.4 is 0 Å². The Morgan fingerprint density at radius 2 is 2.15 bits per heavy atom. The van der Waals surface area contributed by atoms with E-state index in [1.165, 1.54) is 0 Å². The molecule has 1 rings (SSSR count). The molecule has 0 N–H and O–H groups in total. The Hall–Kier alpha value is -1.10. The second-order valence-electron chi connectivity index (χ2n) is 2.13. The summed E-state index contributed by atoms with van der Waals surface area (Å²) in [6.07, 6.45) is 2.26. The van der Waals surface area contributed by atoms with Crippen LogP contribution in [0.1, 0.15) is 0 Å². The molecule has 72 valence electrons. The summed E-state index contributed by atoms with van der Waals surface area (Å²) < 4.78 is 34.1. The van der Waals surface area contributed by atoms with Crippen LogP contribution in [0.15, 0.2) is 0 Å². The lowest BCUT2D eigenvalue weighted by Crippen LogP contribution is -2.31. The van der Waals surface area contributed by atoms with E-state index in [-0.39, 0.29) is 0 Å². The fourth-order valence-corrected chi connectivity index (χ4v) is 1.66. The van der Waals surface area contributed by atoms with Crippen molar-refractivity contribution in [1.29, 1.82) is 0 Å². The van der Waals surface area contributed by atoms with Gasteiger partial charge in [0, 0.05) is 0 Å². The lowest BCUT2D eigenvalue weighted by atomic mass is 10.2. The van der Waals surface area contributed by atoms with Crippen LogP contribution in [0.3, 0.4) is 0 Å². The van der Waals surface area contributed by atoms with Crippen LogP contribution in [0, 0.1) is 12.3 Å². The minimum atomic E-state index is -4.16. The number of terminal acetylenes is 1. The number of ether oxygens (including phenoxy) is 1. The molecule has 1 heterocycles. The summed E-state index contributed by atoms with van der Waals surface area (Å²) in [5.74, 6) is 1.07. The highest BCUT2D eigenvalue weighted by Crippen LogP contribution is 2.20. The van der Waals surface area contributed by atoms with E-state index in [1.807, 2.05) is 5.92 Å². The number of carbonyl (C=O) groups is 1. The van der Waals surface area contributed by atoms with Gasteiger partial charge in [0.15, 0.2) is 6.10 Å². The lowest BCUT2D eigenvalue weighted by Gasteiger charge is -2.05. The zero-order valence-corrected chi connectivity index (χ0v) is 7.41. The standard InChI is InChI=1S/C6H6O6S/c1-3-4-5(6(7)10-2)12-13(8,9)11-4/h1,4-5H,2H3. The van der Waals surface area contributed by atoms with Crippen molar-refractivity contribution in [3.63, 3.8) is 0 Å². The summed E-state index contributed by atoms with van der Waals surface area (Å²) in [5.41, 5.74) is 0. The van der Waals surface area contributed by atoms with Gasteiger partial charge < -0.3 is 4.74 Å². The molecule has 0 aliphatic carbocycles. The molecule has 2 unspecified atom stereocenters. The SMILES string of the molecule is C#CC1OS(=O)(=O)OC1C(=O)OC. The summed E-state index contributed by atoms with van der Waals surface area (Å²) in [6.45, 7) is 0. The molecule has 13 heavy (non-hydrogen) atoms. The number of rotatable bonds is 1. The number of hydrogen-bond acceptors (Lipinski definition) is 6. The van der Waals surface area contributed by atoms with E-state index < -0.39 is 28.6 Å². The Labute approximate surface area is 75.1 Å². The van der Waals surface area contributed by atoms with Gasteiger partial charge in [-0.1, -0.05) is 5.92 Å². The Morgan fingerprint density at radius 3 is 2.62 bits per heavy atom. The van der Waals surface area contributed by atoms with Crippen LogP contribution in [0.2, 0.25) is 0 Å². The van der Waals surface area contributed by atoms with E-state index >= 15 is 0 Å². The van der Waals surface area contributed by atoms with Gasteiger partial charge in [0.2, 0.25) is 6.10 Å². The molecule has 0 aromatic heterocycles. The maximum Gasteiger partial charge on any atom is 0.402 e. The van der Waals surface area contributed by atoms with Gasteiger partial charge in [-0.25, -0.2) is 13.2 Å². The minimum Gasteiger partial charge on any atom is -0.467 e. The molecule has 1 fully saturated rings. The molecule has 0 aromatic carbocycles. The molecule has 6 nitrogen and oxygen atoms in total. The summed E-state index contributed by atoms with van der Waals surface area (Å²) in [7, 11) is -3.07. The highest BCUT2D eigenvalue weighted by molar-refractivity contribution is 7.82. The van der Waals surface area contributed by atoms with Crippen LogP contribution in [0.25, 0.3) is 0 Å².